The van der Waals surface area contributed by atoms with Crippen molar-refractivity contribution in [1.29, 1.82) is 0 Å². The molecule has 2 aromatic heterocycles. The average Bonchev–Trinajstić information content (AvgIpc) is 2.64. The molecule has 5 heteroatoms. The van der Waals surface area contributed by atoms with Gasteiger partial charge >= 0.3 is 0 Å². The number of hydrogen-bond acceptors (Lipinski definition) is 4. The molecule has 0 saturated carbocycles. The van der Waals surface area contributed by atoms with Crippen LogP contribution < -0.4 is 5.32 Å². The van der Waals surface area contributed by atoms with E-state index in [-0.39, 0.29) is 0 Å². The maximum absolute atomic E-state index is 4.48. The van der Waals surface area contributed by atoms with Gasteiger partial charge < -0.3 is 5.32 Å². The van der Waals surface area contributed by atoms with E-state index in [9.17, 15) is 0 Å². The fourth-order valence-electron chi connectivity index (χ4n) is 1.78. The van der Waals surface area contributed by atoms with Crippen LogP contribution in [0, 0.1) is 13.8 Å². The molecule has 0 aliphatic carbocycles. The molecule has 90 valence electrons. The number of aromatic nitrogens is 4. The van der Waals surface area contributed by atoms with Crippen LogP contribution in [0.25, 0.3) is 5.95 Å². The Morgan fingerprint density at radius 1 is 1.24 bits per heavy atom. The summed E-state index contributed by atoms with van der Waals surface area (Å²) in [4.78, 5) is 8.43. The van der Waals surface area contributed by atoms with Gasteiger partial charge in [0.25, 0.3) is 5.95 Å². The molecule has 0 aromatic carbocycles. The summed E-state index contributed by atoms with van der Waals surface area (Å²) in [5, 5.41) is 7.80. The van der Waals surface area contributed by atoms with Crippen molar-refractivity contribution in [2.45, 2.75) is 27.3 Å². The first-order valence-corrected chi connectivity index (χ1v) is 5.77. The molecular weight excluding hydrogens is 214 g/mol. The van der Waals surface area contributed by atoms with Crippen molar-refractivity contribution in [3.63, 3.8) is 0 Å². The number of hydrogen-bond donors (Lipinski definition) is 1. The van der Waals surface area contributed by atoms with Crippen LogP contribution in [0.1, 0.15) is 23.9 Å². The fourth-order valence-corrected chi connectivity index (χ4v) is 1.78. The number of aryl methyl sites for hydroxylation is 1. The van der Waals surface area contributed by atoms with Crippen LogP contribution >= 0.6 is 0 Å². The molecule has 17 heavy (non-hydrogen) atoms. The van der Waals surface area contributed by atoms with Gasteiger partial charge in [-0.25, -0.2) is 14.6 Å². The van der Waals surface area contributed by atoms with Crippen LogP contribution in [-0.4, -0.2) is 26.3 Å². The summed E-state index contributed by atoms with van der Waals surface area (Å²) in [5.41, 5.74) is 3.34. The van der Waals surface area contributed by atoms with E-state index >= 15 is 0 Å². The topological polar surface area (TPSA) is 55.6 Å². The molecule has 0 fully saturated rings. The molecule has 0 unspecified atom stereocenters. The lowest BCUT2D eigenvalue weighted by molar-refractivity contribution is 0.718. The molecule has 0 bridgehead atoms. The lowest BCUT2D eigenvalue weighted by atomic mass is 10.2. The van der Waals surface area contributed by atoms with Crippen molar-refractivity contribution in [3.8, 4) is 5.95 Å². The molecule has 0 saturated heterocycles. The van der Waals surface area contributed by atoms with Gasteiger partial charge in [-0.2, -0.15) is 5.10 Å². The third-order valence-corrected chi connectivity index (χ3v) is 2.73. The first-order chi connectivity index (χ1) is 8.24. The monoisotopic (exact) mass is 231 g/mol. The van der Waals surface area contributed by atoms with Crippen LogP contribution in [0.2, 0.25) is 0 Å². The molecule has 0 radical (unpaired) electrons. The first-order valence-electron chi connectivity index (χ1n) is 5.77. The Labute approximate surface area is 101 Å². The van der Waals surface area contributed by atoms with Crippen LogP contribution in [0.4, 0.5) is 0 Å². The van der Waals surface area contributed by atoms with Crippen molar-refractivity contribution >= 4 is 0 Å². The summed E-state index contributed by atoms with van der Waals surface area (Å²) in [5.74, 6) is 0.621. The summed E-state index contributed by atoms with van der Waals surface area (Å²) in [6, 6.07) is 1.80. The average molecular weight is 231 g/mol. The number of nitrogens with zero attached hydrogens (tertiary/aromatic N) is 4. The van der Waals surface area contributed by atoms with Crippen molar-refractivity contribution in [2.75, 3.05) is 6.54 Å². The maximum Gasteiger partial charge on any atom is 0.250 e. The maximum atomic E-state index is 4.48. The first kappa shape index (κ1) is 11.7. The molecule has 2 aromatic rings. The Kier molecular flexibility index (Phi) is 3.49. The van der Waals surface area contributed by atoms with Crippen molar-refractivity contribution in [1.82, 2.24) is 25.1 Å². The highest BCUT2D eigenvalue weighted by Crippen LogP contribution is 2.15. The lowest BCUT2D eigenvalue weighted by Gasteiger charge is -2.03. The molecule has 2 rings (SSSR count). The van der Waals surface area contributed by atoms with Gasteiger partial charge in [0.1, 0.15) is 0 Å². The molecule has 0 aliphatic rings. The molecule has 5 nitrogen and oxygen atoms in total. The lowest BCUT2D eigenvalue weighted by Crippen LogP contribution is -2.13. The minimum absolute atomic E-state index is 0.621. The van der Waals surface area contributed by atoms with Gasteiger partial charge in [-0.15, -0.1) is 0 Å². The van der Waals surface area contributed by atoms with Gasteiger partial charge in [0.2, 0.25) is 0 Å². The quantitative estimate of drug-likeness (QED) is 0.864. The summed E-state index contributed by atoms with van der Waals surface area (Å²) in [6.07, 6.45) is 3.45. The third-order valence-electron chi connectivity index (χ3n) is 2.73. The van der Waals surface area contributed by atoms with E-state index in [4.69, 9.17) is 0 Å². The predicted molar refractivity (Wildman–Crippen MR) is 66.0 cm³/mol. The highest BCUT2D eigenvalue weighted by molar-refractivity contribution is 5.29. The summed E-state index contributed by atoms with van der Waals surface area (Å²) in [6.45, 7) is 7.93. The highest BCUT2D eigenvalue weighted by atomic mass is 15.4. The summed E-state index contributed by atoms with van der Waals surface area (Å²) in [7, 11) is 0. The van der Waals surface area contributed by atoms with Gasteiger partial charge in [-0.3, -0.25) is 0 Å². The minimum atomic E-state index is 0.621. The van der Waals surface area contributed by atoms with E-state index in [1.165, 1.54) is 5.56 Å². The second-order valence-electron chi connectivity index (χ2n) is 3.89. The van der Waals surface area contributed by atoms with Crippen LogP contribution in [0.15, 0.2) is 18.5 Å². The van der Waals surface area contributed by atoms with E-state index in [0.29, 0.717) is 5.95 Å². The minimum Gasteiger partial charge on any atom is -0.313 e. The van der Waals surface area contributed by atoms with Gasteiger partial charge in [0.05, 0.1) is 5.69 Å². The molecule has 0 aliphatic heterocycles. The van der Waals surface area contributed by atoms with Crippen molar-refractivity contribution < 1.29 is 0 Å². The second kappa shape index (κ2) is 5.05. The number of nitrogens with one attached hydrogen (secondary N) is 1. The Hall–Kier alpha value is -1.75. The van der Waals surface area contributed by atoms with Crippen molar-refractivity contribution in [3.05, 3.63) is 35.4 Å². The van der Waals surface area contributed by atoms with E-state index in [1.54, 1.807) is 23.1 Å². The predicted octanol–water partition coefficient (Wildman–Crippen LogP) is 1.39. The van der Waals surface area contributed by atoms with Gasteiger partial charge in [-0.1, -0.05) is 6.92 Å². The molecule has 0 atom stereocenters. The Balaban J connectivity index is 2.37. The van der Waals surface area contributed by atoms with E-state index in [0.717, 1.165) is 24.5 Å². The zero-order valence-corrected chi connectivity index (χ0v) is 10.4. The molecular formula is C12H17N5. The molecule has 1 N–H and O–H groups in total. The SMILES string of the molecule is CCNCc1c(C)nn(-c2ncccn2)c1C. The van der Waals surface area contributed by atoms with E-state index < -0.39 is 0 Å². The van der Waals surface area contributed by atoms with Crippen LogP contribution in [0.3, 0.4) is 0 Å². The van der Waals surface area contributed by atoms with Gasteiger partial charge in [-0.05, 0) is 26.5 Å². The van der Waals surface area contributed by atoms with Gasteiger partial charge in [0, 0.05) is 30.2 Å². The van der Waals surface area contributed by atoms with Gasteiger partial charge in [0.15, 0.2) is 0 Å². The van der Waals surface area contributed by atoms with Crippen LogP contribution in [-0.2, 0) is 6.54 Å². The fraction of sp³-hybridized carbons (Fsp3) is 0.417. The van der Waals surface area contributed by atoms with E-state index in [1.807, 2.05) is 13.8 Å². The Bertz CT molecular complexity index is 489. The Morgan fingerprint density at radius 3 is 2.59 bits per heavy atom. The highest BCUT2D eigenvalue weighted by Gasteiger charge is 2.13. The summed E-state index contributed by atoms with van der Waals surface area (Å²) >= 11 is 0. The molecule has 0 amide bonds. The second-order valence-corrected chi connectivity index (χ2v) is 3.89. The number of rotatable bonds is 4. The zero-order valence-electron chi connectivity index (χ0n) is 10.4. The molecule has 0 spiro atoms. The standard InChI is InChI=1S/C12H17N5/c1-4-13-8-11-9(2)16-17(10(11)3)12-14-6-5-7-15-12/h5-7,13H,4,8H2,1-3H3. The van der Waals surface area contributed by atoms with Crippen LogP contribution in [0.5, 0.6) is 0 Å². The largest absolute Gasteiger partial charge is 0.313 e. The normalized spacial score (nSPS) is 10.8. The third kappa shape index (κ3) is 2.34. The summed E-state index contributed by atoms with van der Waals surface area (Å²) < 4.78 is 1.79. The zero-order chi connectivity index (χ0) is 12.3. The van der Waals surface area contributed by atoms with Crippen molar-refractivity contribution in [2.24, 2.45) is 0 Å². The smallest absolute Gasteiger partial charge is 0.250 e. The van der Waals surface area contributed by atoms with E-state index in [2.05, 4.69) is 27.3 Å². The Morgan fingerprint density at radius 2 is 1.94 bits per heavy atom. The molecule has 2 heterocycles.